The Kier molecular flexibility index (Phi) is 7.52. The van der Waals surface area contributed by atoms with E-state index in [1.165, 1.54) is 0 Å². The van der Waals surface area contributed by atoms with Crippen molar-refractivity contribution in [3.63, 3.8) is 0 Å². The topological polar surface area (TPSA) is 67.6 Å². The van der Waals surface area contributed by atoms with Gasteiger partial charge in [-0.05, 0) is 49.9 Å². The number of benzene rings is 1. The standard InChI is InChI=1S/C18H29N3O2.ClH/c1-5-23-15-8-6-14(7-9-15)20-17(22)13(2)21-11-10-16(19)18(3,4)12-21;/h6-9,13,16H,5,10-12,19H2,1-4H3,(H,20,22);1H. The molecule has 2 atom stereocenters. The number of nitrogens with two attached hydrogens (primary N) is 1. The Morgan fingerprint density at radius 3 is 2.58 bits per heavy atom. The SMILES string of the molecule is CCOc1ccc(NC(=O)C(C)N2CCC(N)C(C)(C)C2)cc1.Cl. The predicted octanol–water partition coefficient (Wildman–Crippen LogP) is 2.89. The largest absolute Gasteiger partial charge is 0.494 e. The smallest absolute Gasteiger partial charge is 0.241 e. The number of piperidine rings is 1. The van der Waals surface area contributed by atoms with Crippen molar-refractivity contribution >= 4 is 24.0 Å². The van der Waals surface area contributed by atoms with Crippen LogP contribution in [0.2, 0.25) is 0 Å². The number of hydrogen-bond donors (Lipinski definition) is 2. The summed E-state index contributed by atoms with van der Waals surface area (Å²) >= 11 is 0. The minimum Gasteiger partial charge on any atom is -0.494 e. The summed E-state index contributed by atoms with van der Waals surface area (Å²) in [6.07, 6.45) is 0.924. The van der Waals surface area contributed by atoms with Crippen molar-refractivity contribution in [1.29, 1.82) is 0 Å². The van der Waals surface area contributed by atoms with E-state index in [4.69, 9.17) is 10.5 Å². The lowest BCUT2D eigenvalue weighted by Gasteiger charge is -2.44. The van der Waals surface area contributed by atoms with Gasteiger partial charge >= 0.3 is 0 Å². The Hall–Kier alpha value is -1.30. The molecule has 1 aromatic carbocycles. The number of anilines is 1. The molecule has 24 heavy (non-hydrogen) atoms. The quantitative estimate of drug-likeness (QED) is 0.852. The van der Waals surface area contributed by atoms with Crippen molar-refractivity contribution in [1.82, 2.24) is 4.90 Å². The Labute approximate surface area is 151 Å². The van der Waals surface area contributed by atoms with E-state index in [0.29, 0.717) is 6.61 Å². The number of carbonyl (C=O) groups excluding carboxylic acids is 1. The minimum absolute atomic E-state index is 0. The molecule has 1 fully saturated rings. The second-order valence-corrected chi connectivity index (χ2v) is 6.98. The van der Waals surface area contributed by atoms with Gasteiger partial charge in [-0.2, -0.15) is 0 Å². The first-order valence-corrected chi connectivity index (χ1v) is 8.37. The van der Waals surface area contributed by atoms with E-state index < -0.39 is 0 Å². The number of carbonyl (C=O) groups is 1. The molecule has 0 saturated carbocycles. The lowest BCUT2D eigenvalue weighted by atomic mass is 9.79. The molecule has 0 spiro atoms. The summed E-state index contributed by atoms with van der Waals surface area (Å²) in [6.45, 7) is 10.6. The van der Waals surface area contributed by atoms with Gasteiger partial charge in [-0.1, -0.05) is 13.8 Å². The number of amides is 1. The molecule has 2 rings (SSSR count). The zero-order valence-electron chi connectivity index (χ0n) is 15.0. The van der Waals surface area contributed by atoms with Gasteiger partial charge in [0.15, 0.2) is 0 Å². The maximum Gasteiger partial charge on any atom is 0.241 e. The van der Waals surface area contributed by atoms with E-state index >= 15 is 0 Å². The molecule has 0 aliphatic carbocycles. The molecule has 1 heterocycles. The molecule has 6 heteroatoms. The molecule has 0 bridgehead atoms. The van der Waals surface area contributed by atoms with Crippen LogP contribution in [0.3, 0.4) is 0 Å². The Bertz CT molecular complexity index is 534. The average molecular weight is 356 g/mol. The van der Waals surface area contributed by atoms with Crippen LogP contribution in [-0.2, 0) is 4.79 Å². The van der Waals surface area contributed by atoms with Crippen LogP contribution in [0.4, 0.5) is 5.69 Å². The molecule has 1 amide bonds. The zero-order chi connectivity index (χ0) is 17.0. The van der Waals surface area contributed by atoms with Crippen molar-refractivity contribution in [3.8, 4) is 5.75 Å². The first kappa shape index (κ1) is 20.7. The van der Waals surface area contributed by atoms with Gasteiger partial charge in [0.2, 0.25) is 5.91 Å². The molecule has 0 aromatic heterocycles. The number of ether oxygens (including phenoxy) is 1. The molecular weight excluding hydrogens is 326 g/mol. The van der Waals surface area contributed by atoms with Gasteiger partial charge in [-0.25, -0.2) is 0 Å². The molecule has 1 saturated heterocycles. The van der Waals surface area contributed by atoms with E-state index in [9.17, 15) is 4.79 Å². The Morgan fingerprint density at radius 1 is 1.42 bits per heavy atom. The normalized spacial score (nSPS) is 21.5. The Balaban J connectivity index is 0.00000288. The summed E-state index contributed by atoms with van der Waals surface area (Å²) in [5.74, 6) is 0.825. The molecule has 3 N–H and O–H groups in total. The van der Waals surface area contributed by atoms with E-state index in [0.717, 1.165) is 30.9 Å². The van der Waals surface area contributed by atoms with Crippen molar-refractivity contribution in [2.45, 2.75) is 46.2 Å². The van der Waals surface area contributed by atoms with Gasteiger partial charge in [-0.3, -0.25) is 9.69 Å². The van der Waals surface area contributed by atoms with Gasteiger partial charge in [0.05, 0.1) is 12.6 Å². The first-order valence-electron chi connectivity index (χ1n) is 8.37. The second-order valence-electron chi connectivity index (χ2n) is 6.98. The van der Waals surface area contributed by atoms with Crippen LogP contribution in [0.25, 0.3) is 0 Å². The fourth-order valence-electron chi connectivity index (χ4n) is 2.96. The maximum atomic E-state index is 12.5. The van der Waals surface area contributed by atoms with Crippen molar-refractivity contribution in [3.05, 3.63) is 24.3 Å². The third-order valence-electron chi connectivity index (χ3n) is 4.70. The number of nitrogens with zero attached hydrogens (tertiary/aromatic N) is 1. The zero-order valence-corrected chi connectivity index (χ0v) is 15.9. The van der Waals surface area contributed by atoms with Gasteiger partial charge in [0.1, 0.15) is 5.75 Å². The lowest BCUT2D eigenvalue weighted by molar-refractivity contribution is -0.122. The number of halogens is 1. The van der Waals surface area contributed by atoms with Crippen LogP contribution in [-0.4, -0.2) is 42.6 Å². The fourth-order valence-corrected chi connectivity index (χ4v) is 2.96. The van der Waals surface area contributed by atoms with Gasteiger partial charge < -0.3 is 15.8 Å². The summed E-state index contributed by atoms with van der Waals surface area (Å²) in [7, 11) is 0. The van der Waals surface area contributed by atoms with Crippen LogP contribution < -0.4 is 15.8 Å². The summed E-state index contributed by atoms with van der Waals surface area (Å²) in [5, 5.41) is 2.98. The van der Waals surface area contributed by atoms with E-state index in [-0.39, 0.29) is 35.8 Å². The fraction of sp³-hybridized carbons (Fsp3) is 0.611. The Morgan fingerprint density at radius 2 is 2.04 bits per heavy atom. The van der Waals surface area contributed by atoms with Gasteiger partial charge in [-0.15, -0.1) is 12.4 Å². The minimum atomic E-state index is -0.173. The highest BCUT2D eigenvalue weighted by molar-refractivity contribution is 5.94. The highest BCUT2D eigenvalue weighted by Gasteiger charge is 2.36. The van der Waals surface area contributed by atoms with Crippen LogP contribution in [0, 0.1) is 5.41 Å². The van der Waals surface area contributed by atoms with Crippen molar-refractivity contribution in [2.75, 3.05) is 25.0 Å². The molecule has 1 aliphatic heterocycles. The van der Waals surface area contributed by atoms with Crippen molar-refractivity contribution < 1.29 is 9.53 Å². The summed E-state index contributed by atoms with van der Waals surface area (Å²) in [4.78, 5) is 14.7. The van der Waals surface area contributed by atoms with Crippen molar-refractivity contribution in [2.24, 2.45) is 11.1 Å². The number of nitrogens with one attached hydrogen (secondary N) is 1. The molecule has 1 aliphatic rings. The second kappa shape index (κ2) is 8.70. The van der Waals surface area contributed by atoms with Gasteiger partial charge in [0.25, 0.3) is 0 Å². The van der Waals surface area contributed by atoms with Crippen LogP contribution in [0.1, 0.15) is 34.1 Å². The number of likely N-dealkylation sites (tertiary alicyclic amines) is 1. The maximum absolute atomic E-state index is 12.5. The summed E-state index contributed by atoms with van der Waals surface area (Å²) in [5.41, 5.74) is 7.00. The first-order chi connectivity index (χ1) is 10.8. The van der Waals surface area contributed by atoms with E-state index in [1.807, 2.05) is 38.1 Å². The molecule has 5 nitrogen and oxygen atoms in total. The van der Waals surface area contributed by atoms with Crippen LogP contribution >= 0.6 is 12.4 Å². The molecule has 2 unspecified atom stereocenters. The summed E-state index contributed by atoms with van der Waals surface area (Å²) < 4.78 is 5.41. The predicted molar refractivity (Wildman–Crippen MR) is 101 cm³/mol. The molecule has 1 aromatic rings. The highest BCUT2D eigenvalue weighted by atomic mass is 35.5. The molecular formula is C18H30ClN3O2. The van der Waals surface area contributed by atoms with Gasteiger partial charge in [0, 0.05) is 24.8 Å². The lowest BCUT2D eigenvalue weighted by Crippen LogP contribution is -2.56. The number of hydrogen-bond acceptors (Lipinski definition) is 4. The average Bonchev–Trinajstić information content (AvgIpc) is 2.51. The third-order valence-corrected chi connectivity index (χ3v) is 4.70. The third kappa shape index (κ3) is 5.10. The molecule has 136 valence electrons. The monoisotopic (exact) mass is 355 g/mol. The molecule has 0 radical (unpaired) electrons. The summed E-state index contributed by atoms with van der Waals surface area (Å²) in [6, 6.07) is 7.49. The highest BCUT2D eigenvalue weighted by Crippen LogP contribution is 2.29. The van der Waals surface area contributed by atoms with E-state index in [2.05, 4.69) is 24.1 Å². The number of rotatable bonds is 5. The van der Waals surface area contributed by atoms with Crippen LogP contribution in [0.5, 0.6) is 5.75 Å². The van der Waals surface area contributed by atoms with Crippen LogP contribution in [0.15, 0.2) is 24.3 Å². The van der Waals surface area contributed by atoms with E-state index in [1.54, 1.807) is 0 Å².